The zero-order valence-electron chi connectivity index (χ0n) is 4.83. The Morgan fingerprint density at radius 1 is 1.56 bits per heavy atom. The van der Waals surface area contributed by atoms with E-state index in [1.54, 1.807) is 0 Å². The van der Waals surface area contributed by atoms with Gasteiger partial charge in [-0.2, -0.15) is 13.2 Å². The molecule has 0 rings (SSSR count). The molecule has 0 aromatic rings. The first kappa shape index (κ1) is 8.46. The van der Waals surface area contributed by atoms with Crippen LogP contribution in [0, 0.1) is 12.8 Å². The summed E-state index contributed by atoms with van der Waals surface area (Å²) in [5.41, 5.74) is 0. The van der Waals surface area contributed by atoms with Gasteiger partial charge in [-0.05, 0) is 13.8 Å². The summed E-state index contributed by atoms with van der Waals surface area (Å²) in [6, 6.07) is 0. The van der Waals surface area contributed by atoms with Crippen LogP contribution >= 0.6 is 0 Å². The van der Waals surface area contributed by atoms with E-state index in [0.29, 0.717) is 0 Å². The molecule has 0 N–H and O–H groups in total. The molecule has 53 valence electrons. The van der Waals surface area contributed by atoms with Gasteiger partial charge in [-0.1, -0.05) is 0 Å². The molecule has 0 aliphatic heterocycles. The van der Waals surface area contributed by atoms with Gasteiger partial charge in [0.15, 0.2) is 0 Å². The van der Waals surface area contributed by atoms with Crippen molar-refractivity contribution in [2.24, 2.45) is 5.92 Å². The third-order valence-corrected chi connectivity index (χ3v) is 0.886. The topological polar surface area (TPSA) is 17.1 Å². The summed E-state index contributed by atoms with van der Waals surface area (Å²) in [6.07, 6.45) is -4.48. The van der Waals surface area contributed by atoms with Crippen molar-refractivity contribution in [3.8, 4) is 0 Å². The quantitative estimate of drug-likeness (QED) is 0.539. The number of carbonyl (C=O) groups excluding carboxylic acids is 1. The summed E-state index contributed by atoms with van der Waals surface area (Å²) in [4.78, 5) is 10.0. The summed E-state index contributed by atoms with van der Waals surface area (Å²) in [5, 5.41) is 0. The van der Waals surface area contributed by atoms with Gasteiger partial charge >= 0.3 is 6.18 Å². The molecule has 0 bridgehead atoms. The molecule has 0 aliphatic rings. The van der Waals surface area contributed by atoms with E-state index in [0.717, 1.165) is 6.92 Å². The molecule has 1 unspecified atom stereocenters. The van der Waals surface area contributed by atoms with Crippen molar-refractivity contribution in [2.45, 2.75) is 13.1 Å². The molecule has 1 atom stereocenters. The number of rotatable bonds is 1. The molecule has 9 heavy (non-hydrogen) atoms. The Balaban J connectivity index is 4.04. The number of hydrogen-bond acceptors (Lipinski definition) is 1. The van der Waals surface area contributed by atoms with Gasteiger partial charge in [-0.15, -0.1) is 0 Å². The number of hydrogen-bond donors (Lipinski definition) is 0. The van der Waals surface area contributed by atoms with Crippen LogP contribution in [0.3, 0.4) is 0 Å². The van der Waals surface area contributed by atoms with Crippen LogP contribution in [-0.4, -0.2) is 12.0 Å². The van der Waals surface area contributed by atoms with Crippen molar-refractivity contribution in [3.05, 3.63) is 6.92 Å². The maximum atomic E-state index is 11.4. The number of ketones is 1. The monoisotopic (exact) mass is 139 g/mol. The smallest absolute Gasteiger partial charge is 0.299 e. The van der Waals surface area contributed by atoms with Crippen LogP contribution in [0.1, 0.15) is 6.92 Å². The standard InChI is InChI=1S/C5H6F3O/c1-3(4(2)9)5(6,7)8/h3H,1H2,2H3. The van der Waals surface area contributed by atoms with Crippen molar-refractivity contribution in [1.82, 2.24) is 0 Å². The van der Waals surface area contributed by atoms with Crippen LogP contribution in [-0.2, 0) is 4.79 Å². The average Bonchev–Trinajstić information content (AvgIpc) is 1.62. The first-order valence-corrected chi connectivity index (χ1v) is 2.26. The van der Waals surface area contributed by atoms with E-state index >= 15 is 0 Å². The molecule has 1 radical (unpaired) electrons. The SMILES string of the molecule is [CH2]C(C(C)=O)C(F)(F)F. The lowest BCUT2D eigenvalue weighted by atomic mass is 10.1. The molecule has 0 saturated carbocycles. The zero-order valence-corrected chi connectivity index (χ0v) is 4.83. The second-order valence-corrected chi connectivity index (χ2v) is 1.70. The third-order valence-electron chi connectivity index (χ3n) is 0.886. The normalized spacial score (nSPS) is 15.2. The van der Waals surface area contributed by atoms with Crippen LogP contribution in [0.15, 0.2) is 0 Å². The minimum atomic E-state index is -4.48. The first-order chi connectivity index (χ1) is 3.85. The van der Waals surface area contributed by atoms with Crippen LogP contribution < -0.4 is 0 Å². The largest absolute Gasteiger partial charge is 0.398 e. The fraction of sp³-hybridized carbons (Fsp3) is 0.600. The number of carbonyl (C=O) groups is 1. The van der Waals surface area contributed by atoms with E-state index in [4.69, 9.17) is 0 Å². The molecule has 0 amide bonds. The lowest BCUT2D eigenvalue weighted by molar-refractivity contribution is -0.170. The Bertz CT molecular complexity index is 116. The van der Waals surface area contributed by atoms with E-state index in [2.05, 4.69) is 6.92 Å². The number of alkyl halides is 3. The Kier molecular flexibility index (Phi) is 2.23. The summed E-state index contributed by atoms with van der Waals surface area (Å²) in [6.45, 7) is 3.50. The highest BCUT2D eigenvalue weighted by molar-refractivity contribution is 5.79. The highest BCUT2D eigenvalue weighted by Crippen LogP contribution is 2.25. The molecule has 1 nitrogen and oxygen atoms in total. The second kappa shape index (κ2) is 2.37. The van der Waals surface area contributed by atoms with Gasteiger partial charge in [0.1, 0.15) is 11.7 Å². The molecular formula is C5H6F3O. The fourth-order valence-corrected chi connectivity index (χ4v) is 0.230. The molecule has 4 heteroatoms. The second-order valence-electron chi connectivity index (χ2n) is 1.70. The summed E-state index contributed by atoms with van der Waals surface area (Å²) < 4.78 is 34.2. The molecule has 0 spiro atoms. The van der Waals surface area contributed by atoms with E-state index in [-0.39, 0.29) is 0 Å². The molecular weight excluding hydrogens is 133 g/mol. The maximum Gasteiger partial charge on any atom is 0.398 e. The minimum Gasteiger partial charge on any atom is -0.299 e. The Hall–Kier alpha value is -0.540. The predicted octanol–water partition coefficient (Wildman–Crippen LogP) is 1.59. The van der Waals surface area contributed by atoms with Gasteiger partial charge in [-0.3, -0.25) is 4.79 Å². The molecule has 0 fully saturated rings. The van der Waals surface area contributed by atoms with Crippen LogP contribution in [0.25, 0.3) is 0 Å². The highest BCUT2D eigenvalue weighted by Gasteiger charge is 2.38. The van der Waals surface area contributed by atoms with Gasteiger partial charge in [0.25, 0.3) is 0 Å². The van der Waals surface area contributed by atoms with Crippen LogP contribution in [0.4, 0.5) is 13.2 Å². The third kappa shape index (κ3) is 2.49. The van der Waals surface area contributed by atoms with Gasteiger partial charge in [0, 0.05) is 0 Å². The predicted molar refractivity (Wildman–Crippen MR) is 25.6 cm³/mol. The number of halogens is 3. The van der Waals surface area contributed by atoms with E-state index in [1.807, 2.05) is 0 Å². The molecule has 0 aromatic heterocycles. The molecule has 0 aromatic carbocycles. The summed E-state index contributed by atoms with van der Waals surface area (Å²) in [5.74, 6) is -3.03. The van der Waals surface area contributed by atoms with Crippen molar-refractivity contribution in [3.63, 3.8) is 0 Å². The number of Topliss-reactive ketones (excluding diaryl/α,β-unsaturated/α-hetero) is 1. The van der Waals surface area contributed by atoms with E-state index in [1.165, 1.54) is 0 Å². The van der Waals surface area contributed by atoms with Crippen molar-refractivity contribution >= 4 is 5.78 Å². The zero-order chi connectivity index (χ0) is 7.65. The van der Waals surface area contributed by atoms with Crippen LogP contribution in [0.2, 0.25) is 0 Å². The van der Waals surface area contributed by atoms with E-state index in [9.17, 15) is 18.0 Å². The van der Waals surface area contributed by atoms with Crippen molar-refractivity contribution in [1.29, 1.82) is 0 Å². The molecule has 0 aliphatic carbocycles. The van der Waals surface area contributed by atoms with Crippen molar-refractivity contribution in [2.75, 3.05) is 0 Å². The summed E-state index contributed by atoms with van der Waals surface area (Å²) >= 11 is 0. The highest BCUT2D eigenvalue weighted by atomic mass is 19.4. The van der Waals surface area contributed by atoms with Gasteiger partial charge in [0.2, 0.25) is 0 Å². The molecule has 0 heterocycles. The Labute approximate surface area is 50.9 Å². The van der Waals surface area contributed by atoms with Gasteiger partial charge < -0.3 is 0 Å². The van der Waals surface area contributed by atoms with Gasteiger partial charge in [-0.25, -0.2) is 0 Å². The average molecular weight is 139 g/mol. The lowest BCUT2D eigenvalue weighted by Crippen LogP contribution is -2.26. The van der Waals surface area contributed by atoms with Gasteiger partial charge in [0.05, 0.1) is 0 Å². The van der Waals surface area contributed by atoms with Crippen LogP contribution in [0.5, 0.6) is 0 Å². The molecule has 0 saturated heterocycles. The Morgan fingerprint density at radius 2 is 1.89 bits per heavy atom. The van der Waals surface area contributed by atoms with Crippen molar-refractivity contribution < 1.29 is 18.0 Å². The van der Waals surface area contributed by atoms with E-state index < -0.39 is 17.9 Å². The lowest BCUT2D eigenvalue weighted by Gasteiger charge is -2.10. The Morgan fingerprint density at radius 3 is 1.89 bits per heavy atom. The fourth-order valence-electron chi connectivity index (χ4n) is 0.230. The first-order valence-electron chi connectivity index (χ1n) is 2.26. The minimum absolute atomic E-state index is 0.866. The summed E-state index contributed by atoms with van der Waals surface area (Å²) in [7, 11) is 0. The maximum absolute atomic E-state index is 11.4.